The van der Waals surface area contributed by atoms with Crippen LogP contribution < -0.4 is 5.32 Å². The number of nitrogens with one attached hydrogen (secondary N) is 1. The highest BCUT2D eigenvalue weighted by atomic mass is 35.5. The number of Topliss-reactive ketones (excluding diaryl/α,β-unsaturated/α-hetero) is 1. The Hall–Kier alpha value is -2.58. The molecule has 2 rings (SSSR count). The lowest BCUT2D eigenvalue weighted by molar-refractivity contribution is -0.147. The maximum Gasteiger partial charge on any atom is 0.418 e. The molecule has 0 heterocycles. The Kier molecular flexibility index (Phi) is 7.64. The molecule has 29 heavy (non-hydrogen) atoms. The number of esters is 1. The average Bonchev–Trinajstić information content (AvgIpc) is 2.65. The van der Waals surface area contributed by atoms with Crippen LogP contribution >= 0.6 is 23.2 Å². The van der Waals surface area contributed by atoms with Crippen LogP contribution in [0.4, 0.5) is 18.9 Å². The molecule has 0 fully saturated rings. The quantitative estimate of drug-likeness (QED) is 0.470. The van der Waals surface area contributed by atoms with Crippen molar-refractivity contribution >= 4 is 46.5 Å². The fourth-order valence-electron chi connectivity index (χ4n) is 2.26. The van der Waals surface area contributed by atoms with Gasteiger partial charge in [-0.15, -0.1) is 0 Å². The number of carbonyl (C=O) groups excluding carboxylic acids is 3. The maximum atomic E-state index is 13.0. The zero-order valence-corrected chi connectivity index (χ0v) is 16.2. The topological polar surface area (TPSA) is 72.5 Å². The van der Waals surface area contributed by atoms with Crippen LogP contribution in [0.5, 0.6) is 0 Å². The summed E-state index contributed by atoms with van der Waals surface area (Å²) in [6, 6.07) is 8.93. The number of amides is 1. The van der Waals surface area contributed by atoms with E-state index in [0.29, 0.717) is 16.7 Å². The van der Waals surface area contributed by atoms with Gasteiger partial charge in [0.15, 0.2) is 12.4 Å². The van der Waals surface area contributed by atoms with Crippen molar-refractivity contribution in [2.45, 2.75) is 19.0 Å². The lowest BCUT2D eigenvalue weighted by Gasteiger charge is -2.14. The number of alkyl halides is 3. The molecule has 0 atom stereocenters. The molecular formula is C19H14Cl2F3NO4. The highest BCUT2D eigenvalue weighted by Crippen LogP contribution is 2.36. The zero-order chi connectivity index (χ0) is 21.6. The molecular weight excluding hydrogens is 434 g/mol. The maximum absolute atomic E-state index is 13.0. The molecule has 0 bridgehead atoms. The van der Waals surface area contributed by atoms with Gasteiger partial charge in [-0.25, -0.2) is 0 Å². The Bertz CT molecular complexity index is 915. The minimum atomic E-state index is -4.73. The molecule has 0 radical (unpaired) electrons. The van der Waals surface area contributed by atoms with Gasteiger partial charge >= 0.3 is 12.1 Å². The largest absolute Gasteiger partial charge is 0.456 e. The molecule has 1 N–H and O–H groups in total. The van der Waals surface area contributed by atoms with Gasteiger partial charge in [0, 0.05) is 22.0 Å². The van der Waals surface area contributed by atoms with Crippen molar-refractivity contribution in [3.63, 3.8) is 0 Å². The first kappa shape index (κ1) is 22.7. The van der Waals surface area contributed by atoms with Crippen LogP contribution in [0.25, 0.3) is 0 Å². The second-order valence-electron chi connectivity index (χ2n) is 5.83. The fourth-order valence-corrected chi connectivity index (χ4v) is 2.56. The summed E-state index contributed by atoms with van der Waals surface area (Å²) in [5, 5.41) is 2.33. The highest BCUT2D eigenvalue weighted by Gasteiger charge is 2.34. The van der Waals surface area contributed by atoms with Crippen LogP contribution in [0.3, 0.4) is 0 Å². The standard InChI is InChI=1S/C19H14Cl2F3NO4/c20-12-3-1-11(2-4-12)16(26)7-8-18(28)29-10-17(27)25-15-6-5-13(21)9-14(15)19(22,23)24/h1-6,9H,7-8,10H2,(H,25,27). The molecule has 2 aromatic rings. The number of benzene rings is 2. The molecule has 0 unspecified atom stereocenters. The van der Waals surface area contributed by atoms with Crippen LogP contribution in [0, 0.1) is 0 Å². The summed E-state index contributed by atoms with van der Waals surface area (Å²) >= 11 is 11.3. The van der Waals surface area contributed by atoms with Crippen molar-refractivity contribution in [1.82, 2.24) is 0 Å². The molecule has 5 nitrogen and oxygen atoms in total. The van der Waals surface area contributed by atoms with Crippen LogP contribution in [-0.4, -0.2) is 24.3 Å². The van der Waals surface area contributed by atoms with Gasteiger partial charge in [0.25, 0.3) is 5.91 Å². The first-order valence-electron chi connectivity index (χ1n) is 8.17. The van der Waals surface area contributed by atoms with Gasteiger partial charge in [0.2, 0.25) is 0 Å². The minimum absolute atomic E-state index is 0.146. The van der Waals surface area contributed by atoms with Crippen molar-refractivity contribution in [1.29, 1.82) is 0 Å². The Balaban J connectivity index is 1.84. The average molecular weight is 448 g/mol. The predicted molar refractivity (Wildman–Crippen MR) is 101 cm³/mol. The number of halogens is 5. The van der Waals surface area contributed by atoms with Crippen LogP contribution in [0.15, 0.2) is 42.5 Å². The third-order valence-corrected chi connectivity index (χ3v) is 4.13. The van der Waals surface area contributed by atoms with Crippen molar-refractivity contribution in [2.75, 3.05) is 11.9 Å². The number of rotatable bonds is 7. The molecule has 0 saturated heterocycles. The summed E-state index contributed by atoms with van der Waals surface area (Å²) in [4.78, 5) is 35.4. The Labute approximate surface area is 173 Å². The summed E-state index contributed by atoms with van der Waals surface area (Å²) < 4.78 is 43.7. The van der Waals surface area contributed by atoms with Gasteiger partial charge in [0.05, 0.1) is 17.7 Å². The van der Waals surface area contributed by atoms with Crippen LogP contribution in [-0.2, 0) is 20.5 Å². The van der Waals surface area contributed by atoms with E-state index < -0.39 is 35.9 Å². The Morgan fingerprint density at radius 2 is 1.55 bits per heavy atom. The number of hydrogen-bond donors (Lipinski definition) is 1. The van der Waals surface area contributed by atoms with E-state index >= 15 is 0 Å². The van der Waals surface area contributed by atoms with E-state index in [-0.39, 0.29) is 23.6 Å². The molecule has 0 aromatic heterocycles. The normalized spacial score (nSPS) is 11.1. The second-order valence-corrected chi connectivity index (χ2v) is 6.70. The van der Waals surface area contributed by atoms with Gasteiger partial charge in [-0.2, -0.15) is 13.2 Å². The van der Waals surface area contributed by atoms with E-state index in [1.165, 1.54) is 30.3 Å². The minimum Gasteiger partial charge on any atom is -0.456 e. The van der Waals surface area contributed by atoms with Crippen molar-refractivity contribution in [2.24, 2.45) is 0 Å². The van der Waals surface area contributed by atoms with E-state index in [2.05, 4.69) is 0 Å². The van der Waals surface area contributed by atoms with E-state index in [9.17, 15) is 27.6 Å². The number of anilines is 1. The number of ketones is 1. The van der Waals surface area contributed by atoms with Crippen LogP contribution in [0.2, 0.25) is 10.0 Å². The fraction of sp³-hybridized carbons (Fsp3) is 0.211. The van der Waals surface area contributed by atoms with Crippen molar-refractivity contribution < 1.29 is 32.3 Å². The van der Waals surface area contributed by atoms with Crippen molar-refractivity contribution in [3.8, 4) is 0 Å². The summed E-state index contributed by atoms with van der Waals surface area (Å²) in [7, 11) is 0. The molecule has 0 aliphatic rings. The summed E-state index contributed by atoms with van der Waals surface area (Å²) in [6.45, 7) is -0.798. The van der Waals surface area contributed by atoms with Crippen LogP contribution in [0.1, 0.15) is 28.8 Å². The van der Waals surface area contributed by atoms with E-state index in [0.717, 1.165) is 6.07 Å². The Morgan fingerprint density at radius 3 is 2.17 bits per heavy atom. The smallest absolute Gasteiger partial charge is 0.418 e. The molecule has 0 aliphatic heterocycles. The van der Waals surface area contributed by atoms with E-state index in [1.54, 1.807) is 0 Å². The summed E-state index contributed by atoms with van der Waals surface area (Å²) in [5.41, 5.74) is -1.28. The Morgan fingerprint density at radius 1 is 0.931 bits per heavy atom. The first-order valence-corrected chi connectivity index (χ1v) is 8.93. The summed E-state index contributed by atoms with van der Waals surface area (Å²) in [6.07, 6.45) is -5.17. The predicted octanol–water partition coefficient (Wildman–Crippen LogP) is 5.16. The molecule has 0 spiro atoms. The molecule has 154 valence electrons. The van der Waals surface area contributed by atoms with Gasteiger partial charge in [-0.05, 0) is 42.5 Å². The zero-order valence-electron chi connectivity index (χ0n) is 14.7. The molecule has 1 amide bonds. The molecule has 0 saturated carbocycles. The molecule has 0 aliphatic carbocycles. The number of hydrogen-bond acceptors (Lipinski definition) is 4. The number of carbonyl (C=O) groups is 3. The lowest BCUT2D eigenvalue weighted by atomic mass is 10.1. The molecule has 2 aromatic carbocycles. The van der Waals surface area contributed by atoms with E-state index in [1.807, 2.05) is 5.32 Å². The lowest BCUT2D eigenvalue weighted by Crippen LogP contribution is -2.23. The third kappa shape index (κ3) is 7.07. The van der Waals surface area contributed by atoms with Gasteiger partial charge in [-0.3, -0.25) is 14.4 Å². The number of ether oxygens (including phenoxy) is 1. The highest BCUT2D eigenvalue weighted by molar-refractivity contribution is 6.31. The third-order valence-electron chi connectivity index (χ3n) is 3.65. The van der Waals surface area contributed by atoms with Gasteiger partial charge in [-0.1, -0.05) is 23.2 Å². The van der Waals surface area contributed by atoms with Gasteiger partial charge < -0.3 is 10.1 Å². The van der Waals surface area contributed by atoms with Gasteiger partial charge in [0.1, 0.15) is 0 Å². The monoisotopic (exact) mass is 447 g/mol. The summed E-state index contributed by atoms with van der Waals surface area (Å²) in [5.74, 6) is -2.12. The van der Waals surface area contributed by atoms with E-state index in [4.69, 9.17) is 27.9 Å². The molecule has 10 heteroatoms. The second kappa shape index (κ2) is 9.76. The van der Waals surface area contributed by atoms with Crippen molar-refractivity contribution in [3.05, 3.63) is 63.6 Å². The first-order chi connectivity index (χ1) is 13.6. The SMILES string of the molecule is O=C(COC(=O)CCC(=O)c1ccc(Cl)cc1)Nc1ccc(Cl)cc1C(F)(F)F.